The SMILES string of the molecule is CC1(CCCCC(=O)NCCC2(C)N=N2)N=N1. The molecule has 1 amide bonds. The quantitative estimate of drug-likeness (QED) is 0.646. The maximum atomic E-state index is 11.5. The molecule has 0 aromatic rings. The van der Waals surface area contributed by atoms with Gasteiger partial charge in [0.05, 0.1) is 0 Å². The van der Waals surface area contributed by atoms with Crippen LogP contribution in [0.4, 0.5) is 0 Å². The van der Waals surface area contributed by atoms with Gasteiger partial charge in [-0.15, -0.1) is 0 Å². The first-order chi connectivity index (χ1) is 8.02. The molecule has 0 aliphatic carbocycles. The zero-order chi connectivity index (χ0) is 12.4. The minimum atomic E-state index is -0.211. The average Bonchev–Trinajstić information content (AvgIpc) is 3.16. The van der Waals surface area contributed by atoms with Crippen LogP contribution in [0.15, 0.2) is 20.5 Å². The average molecular weight is 237 g/mol. The van der Waals surface area contributed by atoms with E-state index in [-0.39, 0.29) is 17.2 Å². The van der Waals surface area contributed by atoms with Crippen molar-refractivity contribution in [2.45, 2.75) is 57.3 Å². The fourth-order valence-corrected chi connectivity index (χ4v) is 1.64. The highest BCUT2D eigenvalue weighted by Crippen LogP contribution is 2.32. The van der Waals surface area contributed by atoms with Crippen LogP contribution >= 0.6 is 0 Å². The number of hydrogen-bond donors (Lipinski definition) is 1. The van der Waals surface area contributed by atoms with Crippen LogP contribution in [-0.4, -0.2) is 23.8 Å². The van der Waals surface area contributed by atoms with Gasteiger partial charge in [-0.3, -0.25) is 4.79 Å². The third kappa shape index (κ3) is 4.20. The van der Waals surface area contributed by atoms with Gasteiger partial charge in [0.15, 0.2) is 11.3 Å². The number of rotatable bonds is 8. The summed E-state index contributed by atoms with van der Waals surface area (Å²) in [5, 5.41) is 18.5. The summed E-state index contributed by atoms with van der Waals surface area (Å²) in [6.07, 6.45) is 4.24. The van der Waals surface area contributed by atoms with Crippen LogP contribution < -0.4 is 5.32 Å². The van der Waals surface area contributed by atoms with Crippen molar-refractivity contribution >= 4 is 5.91 Å². The zero-order valence-corrected chi connectivity index (χ0v) is 10.4. The zero-order valence-electron chi connectivity index (χ0n) is 10.4. The Bertz CT molecular complexity index is 351. The van der Waals surface area contributed by atoms with Gasteiger partial charge in [0.2, 0.25) is 5.91 Å². The molecule has 2 heterocycles. The molecule has 6 heteroatoms. The molecule has 2 rings (SSSR count). The number of hydrogen-bond acceptors (Lipinski definition) is 5. The van der Waals surface area contributed by atoms with Crippen molar-refractivity contribution in [2.24, 2.45) is 20.5 Å². The van der Waals surface area contributed by atoms with Gasteiger partial charge in [0.25, 0.3) is 0 Å². The van der Waals surface area contributed by atoms with Gasteiger partial charge in [-0.1, -0.05) is 0 Å². The lowest BCUT2D eigenvalue weighted by atomic mass is 10.1. The fourth-order valence-electron chi connectivity index (χ4n) is 1.64. The predicted molar refractivity (Wildman–Crippen MR) is 62.6 cm³/mol. The standard InChI is InChI=1S/C11H19N5O/c1-10(13-14-10)6-4-3-5-9(17)12-8-7-11(2)15-16-11/h3-8H2,1-2H3,(H,12,17). The summed E-state index contributed by atoms with van der Waals surface area (Å²) < 4.78 is 0. The van der Waals surface area contributed by atoms with Gasteiger partial charge in [-0.05, 0) is 33.1 Å². The molecule has 0 atom stereocenters. The molecule has 0 saturated carbocycles. The third-order valence-corrected chi connectivity index (χ3v) is 3.11. The predicted octanol–water partition coefficient (Wildman–Crippen LogP) is 2.42. The molecular formula is C11H19N5O. The molecule has 0 saturated heterocycles. The van der Waals surface area contributed by atoms with Crippen LogP contribution in [0.25, 0.3) is 0 Å². The minimum Gasteiger partial charge on any atom is -0.356 e. The van der Waals surface area contributed by atoms with Crippen molar-refractivity contribution in [2.75, 3.05) is 6.54 Å². The molecule has 0 bridgehead atoms. The molecule has 6 nitrogen and oxygen atoms in total. The van der Waals surface area contributed by atoms with Gasteiger partial charge in [-0.25, -0.2) is 0 Å². The lowest BCUT2D eigenvalue weighted by molar-refractivity contribution is -0.121. The number of nitrogens with one attached hydrogen (secondary N) is 1. The summed E-state index contributed by atoms with van der Waals surface area (Å²) in [5.41, 5.74) is -0.336. The van der Waals surface area contributed by atoms with Crippen molar-refractivity contribution in [1.82, 2.24) is 5.32 Å². The molecule has 0 aromatic heterocycles. The van der Waals surface area contributed by atoms with Gasteiger partial charge >= 0.3 is 0 Å². The number of unbranched alkanes of at least 4 members (excludes halogenated alkanes) is 1. The van der Waals surface area contributed by atoms with Gasteiger partial charge in [-0.2, -0.15) is 20.5 Å². The molecule has 2 aliphatic rings. The van der Waals surface area contributed by atoms with Crippen molar-refractivity contribution in [3.8, 4) is 0 Å². The summed E-state index contributed by atoms with van der Waals surface area (Å²) in [5.74, 6) is 0.115. The van der Waals surface area contributed by atoms with Crippen LogP contribution in [0.5, 0.6) is 0 Å². The van der Waals surface area contributed by atoms with Crippen LogP contribution in [0.3, 0.4) is 0 Å². The fraction of sp³-hybridized carbons (Fsp3) is 0.909. The number of nitrogens with zero attached hydrogens (tertiary/aromatic N) is 4. The van der Waals surface area contributed by atoms with E-state index in [4.69, 9.17) is 0 Å². The topological polar surface area (TPSA) is 78.5 Å². The van der Waals surface area contributed by atoms with Gasteiger partial charge in [0.1, 0.15) is 0 Å². The molecule has 1 N–H and O–H groups in total. The second kappa shape index (κ2) is 4.50. The van der Waals surface area contributed by atoms with Crippen LogP contribution in [-0.2, 0) is 4.79 Å². The van der Waals surface area contributed by atoms with E-state index in [0.29, 0.717) is 13.0 Å². The van der Waals surface area contributed by atoms with Gasteiger partial charge in [0, 0.05) is 19.4 Å². The normalized spacial score (nSPS) is 21.3. The number of amides is 1. The van der Waals surface area contributed by atoms with E-state index in [9.17, 15) is 4.79 Å². The highest BCUT2D eigenvalue weighted by molar-refractivity contribution is 5.75. The van der Waals surface area contributed by atoms with Gasteiger partial charge < -0.3 is 5.32 Å². The highest BCUT2D eigenvalue weighted by Gasteiger charge is 2.33. The Hall–Kier alpha value is -1.33. The van der Waals surface area contributed by atoms with Crippen LogP contribution in [0.1, 0.15) is 46.0 Å². The number of carbonyl (C=O) groups is 1. The second-order valence-electron chi connectivity index (χ2n) is 5.14. The smallest absolute Gasteiger partial charge is 0.219 e. The van der Waals surface area contributed by atoms with E-state index in [0.717, 1.165) is 25.7 Å². The van der Waals surface area contributed by atoms with E-state index in [2.05, 4.69) is 25.8 Å². The molecule has 0 fully saturated rings. The summed E-state index contributed by atoms with van der Waals surface area (Å²) >= 11 is 0. The van der Waals surface area contributed by atoms with Crippen molar-refractivity contribution in [1.29, 1.82) is 0 Å². The first-order valence-electron chi connectivity index (χ1n) is 6.16. The number of carbonyl (C=O) groups excluding carboxylic acids is 1. The molecule has 0 aromatic carbocycles. The third-order valence-electron chi connectivity index (χ3n) is 3.11. The maximum Gasteiger partial charge on any atom is 0.219 e. The Balaban J connectivity index is 1.43. The lowest BCUT2D eigenvalue weighted by Crippen LogP contribution is -2.27. The summed E-state index contributed by atoms with van der Waals surface area (Å²) in [6, 6.07) is 0. The highest BCUT2D eigenvalue weighted by atomic mass is 16.1. The van der Waals surface area contributed by atoms with E-state index in [1.54, 1.807) is 0 Å². The molecule has 94 valence electrons. The first kappa shape index (κ1) is 12.1. The summed E-state index contributed by atoms with van der Waals surface area (Å²) in [6.45, 7) is 4.63. The van der Waals surface area contributed by atoms with E-state index < -0.39 is 0 Å². The van der Waals surface area contributed by atoms with E-state index in [1.165, 1.54) is 0 Å². The Labute approximate surface area is 101 Å². The first-order valence-corrected chi connectivity index (χ1v) is 6.16. The molecular weight excluding hydrogens is 218 g/mol. The lowest BCUT2D eigenvalue weighted by Gasteiger charge is -2.07. The Morgan fingerprint density at radius 2 is 1.59 bits per heavy atom. The molecule has 0 spiro atoms. The Kier molecular flexibility index (Phi) is 3.22. The molecule has 0 radical (unpaired) electrons. The van der Waals surface area contributed by atoms with Crippen molar-refractivity contribution in [3.05, 3.63) is 0 Å². The maximum absolute atomic E-state index is 11.5. The Morgan fingerprint density at radius 3 is 2.18 bits per heavy atom. The van der Waals surface area contributed by atoms with E-state index in [1.807, 2.05) is 13.8 Å². The minimum absolute atomic E-state index is 0.115. The summed E-state index contributed by atoms with van der Waals surface area (Å²) in [4.78, 5) is 11.5. The monoisotopic (exact) mass is 237 g/mol. The second-order valence-corrected chi connectivity index (χ2v) is 5.14. The molecule has 17 heavy (non-hydrogen) atoms. The molecule has 2 aliphatic heterocycles. The molecule has 0 unspecified atom stereocenters. The van der Waals surface area contributed by atoms with Crippen molar-refractivity contribution in [3.63, 3.8) is 0 Å². The Morgan fingerprint density at radius 1 is 1.00 bits per heavy atom. The van der Waals surface area contributed by atoms with Crippen LogP contribution in [0.2, 0.25) is 0 Å². The largest absolute Gasteiger partial charge is 0.356 e. The van der Waals surface area contributed by atoms with E-state index >= 15 is 0 Å². The summed E-state index contributed by atoms with van der Waals surface area (Å²) in [7, 11) is 0. The van der Waals surface area contributed by atoms with Crippen LogP contribution in [0, 0.1) is 0 Å². The van der Waals surface area contributed by atoms with Crippen molar-refractivity contribution < 1.29 is 4.79 Å².